The summed E-state index contributed by atoms with van der Waals surface area (Å²) in [6.07, 6.45) is 2.94. The Kier molecular flexibility index (Phi) is 3.69. The van der Waals surface area contributed by atoms with E-state index in [9.17, 15) is 9.90 Å². The van der Waals surface area contributed by atoms with Crippen molar-refractivity contribution in [3.63, 3.8) is 0 Å². The van der Waals surface area contributed by atoms with E-state index in [-0.39, 0.29) is 12.0 Å². The van der Waals surface area contributed by atoms with Crippen LogP contribution in [0, 0.1) is 5.92 Å². The van der Waals surface area contributed by atoms with Crippen LogP contribution in [0.25, 0.3) is 10.8 Å². The minimum atomic E-state index is -0.642. The summed E-state index contributed by atoms with van der Waals surface area (Å²) < 4.78 is 6.01. The van der Waals surface area contributed by atoms with Gasteiger partial charge in [-0.3, -0.25) is 9.69 Å². The third kappa shape index (κ3) is 2.57. The molecule has 0 spiro atoms. The molecule has 0 amide bonds. The molecule has 2 bridgehead atoms. The Morgan fingerprint density at radius 2 is 2.00 bits per heavy atom. The van der Waals surface area contributed by atoms with Crippen LogP contribution in [0.1, 0.15) is 19.3 Å². The average molecular weight is 311 g/mol. The third-order valence-corrected chi connectivity index (χ3v) is 5.36. The van der Waals surface area contributed by atoms with Gasteiger partial charge in [0.15, 0.2) is 0 Å². The quantitative estimate of drug-likeness (QED) is 0.921. The van der Waals surface area contributed by atoms with Gasteiger partial charge >= 0.3 is 5.97 Å². The van der Waals surface area contributed by atoms with Gasteiger partial charge in [-0.05, 0) is 30.7 Å². The number of ether oxygens (including phenoxy) is 1. The zero-order chi connectivity index (χ0) is 15.8. The highest BCUT2D eigenvalue weighted by Gasteiger charge is 2.48. The minimum absolute atomic E-state index is 0.189. The van der Waals surface area contributed by atoms with E-state index in [1.54, 1.807) is 0 Å². The van der Waals surface area contributed by atoms with Gasteiger partial charge in [0.2, 0.25) is 0 Å². The van der Waals surface area contributed by atoms with Crippen LogP contribution in [0.15, 0.2) is 42.5 Å². The van der Waals surface area contributed by atoms with Crippen molar-refractivity contribution in [3.05, 3.63) is 42.5 Å². The Morgan fingerprint density at radius 3 is 2.83 bits per heavy atom. The normalized spacial score (nSPS) is 26.7. The molecule has 2 aliphatic rings. The predicted octanol–water partition coefficient (Wildman–Crippen LogP) is 3.16. The van der Waals surface area contributed by atoms with Crippen molar-refractivity contribution in [2.24, 2.45) is 5.92 Å². The number of hydrogen-bond donors (Lipinski definition) is 1. The van der Waals surface area contributed by atoms with Crippen LogP contribution >= 0.6 is 0 Å². The molecular formula is C19H21NO3. The molecule has 2 saturated heterocycles. The zero-order valence-electron chi connectivity index (χ0n) is 13.0. The molecular weight excluding hydrogens is 290 g/mol. The fraction of sp³-hybridized carbons (Fsp3) is 0.421. The summed E-state index contributed by atoms with van der Waals surface area (Å²) in [7, 11) is 0. The predicted molar refractivity (Wildman–Crippen MR) is 88.7 cm³/mol. The second kappa shape index (κ2) is 5.85. The molecule has 0 saturated carbocycles. The van der Waals surface area contributed by atoms with E-state index in [4.69, 9.17) is 4.74 Å². The SMILES string of the molecule is O=C(O)C1CC2CCC1N2CCOc1cccc2ccccc12. The molecule has 3 atom stereocenters. The second-order valence-electron chi connectivity index (χ2n) is 6.54. The minimum Gasteiger partial charge on any atom is -0.492 e. The van der Waals surface area contributed by atoms with Gasteiger partial charge in [-0.15, -0.1) is 0 Å². The molecule has 23 heavy (non-hydrogen) atoms. The van der Waals surface area contributed by atoms with Gasteiger partial charge in [0, 0.05) is 24.0 Å². The van der Waals surface area contributed by atoms with E-state index in [2.05, 4.69) is 23.1 Å². The fourth-order valence-electron chi connectivity index (χ4n) is 4.30. The number of rotatable bonds is 5. The molecule has 0 aromatic heterocycles. The smallest absolute Gasteiger partial charge is 0.308 e. The van der Waals surface area contributed by atoms with E-state index in [1.807, 2.05) is 24.3 Å². The Balaban J connectivity index is 1.42. The first-order valence-electron chi connectivity index (χ1n) is 8.33. The molecule has 4 rings (SSSR count). The number of aliphatic carboxylic acids is 1. The lowest BCUT2D eigenvalue weighted by atomic mass is 9.89. The Labute approximate surface area is 135 Å². The van der Waals surface area contributed by atoms with Crippen LogP contribution in [0.3, 0.4) is 0 Å². The van der Waals surface area contributed by atoms with Crippen molar-refractivity contribution >= 4 is 16.7 Å². The Morgan fingerprint density at radius 1 is 1.17 bits per heavy atom. The topological polar surface area (TPSA) is 49.8 Å². The first-order chi connectivity index (χ1) is 11.2. The number of hydrogen-bond acceptors (Lipinski definition) is 3. The van der Waals surface area contributed by atoms with Gasteiger partial charge < -0.3 is 9.84 Å². The van der Waals surface area contributed by atoms with Crippen LogP contribution in [-0.4, -0.2) is 41.2 Å². The number of benzene rings is 2. The first-order valence-corrected chi connectivity index (χ1v) is 8.33. The van der Waals surface area contributed by atoms with E-state index >= 15 is 0 Å². The van der Waals surface area contributed by atoms with Crippen LogP contribution in [-0.2, 0) is 4.79 Å². The van der Waals surface area contributed by atoms with Crippen LogP contribution in [0.5, 0.6) is 5.75 Å². The van der Waals surface area contributed by atoms with Gasteiger partial charge in [-0.2, -0.15) is 0 Å². The number of carboxylic acid groups (broad SMARTS) is 1. The number of fused-ring (bicyclic) bond motifs is 3. The second-order valence-corrected chi connectivity index (χ2v) is 6.54. The average Bonchev–Trinajstić information content (AvgIpc) is 3.12. The number of nitrogens with zero attached hydrogens (tertiary/aromatic N) is 1. The molecule has 4 nitrogen and oxygen atoms in total. The van der Waals surface area contributed by atoms with Crippen molar-refractivity contribution in [2.75, 3.05) is 13.2 Å². The van der Waals surface area contributed by atoms with E-state index in [1.165, 1.54) is 5.39 Å². The molecule has 1 N–H and O–H groups in total. The lowest BCUT2D eigenvalue weighted by Crippen LogP contribution is -2.35. The zero-order valence-corrected chi connectivity index (χ0v) is 13.0. The summed E-state index contributed by atoms with van der Waals surface area (Å²) in [6.45, 7) is 1.41. The number of carbonyl (C=O) groups is 1. The summed E-state index contributed by atoms with van der Waals surface area (Å²) in [4.78, 5) is 13.7. The molecule has 2 fully saturated rings. The van der Waals surface area contributed by atoms with Crippen molar-refractivity contribution in [1.82, 2.24) is 4.90 Å². The van der Waals surface area contributed by atoms with Gasteiger partial charge in [-0.25, -0.2) is 0 Å². The molecule has 2 aromatic rings. The third-order valence-electron chi connectivity index (χ3n) is 5.36. The fourth-order valence-corrected chi connectivity index (χ4v) is 4.30. The van der Waals surface area contributed by atoms with E-state index in [0.717, 1.165) is 36.9 Å². The van der Waals surface area contributed by atoms with Crippen LogP contribution < -0.4 is 4.74 Å². The molecule has 0 radical (unpaired) electrons. The molecule has 4 heteroatoms. The number of carboxylic acids is 1. The maximum absolute atomic E-state index is 11.3. The van der Waals surface area contributed by atoms with Crippen molar-refractivity contribution in [2.45, 2.75) is 31.3 Å². The Bertz CT molecular complexity index is 724. The van der Waals surface area contributed by atoms with Crippen molar-refractivity contribution in [1.29, 1.82) is 0 Å². The monoisotopic (exact) mass is 311 g/mol. The van der Waals surface area contributed by atoms with Crippen molar-refractivity contribution < 1.29 is 14.6 Å². The van der Waals surface area contributed by atoms with Gasteiger partial charge in [0.05, 0.1) is 5.92 Å². The van der Waals surface area contributed by atoms with E-state index in [0.29, 0.717) is 12.6 Å². The summed E-state index contributed by atoms with van der Waals surface area (Å²) in [5.74, 6) is 0.0768. The van der Waals surface area contributed by atoms with Crippen LogP contribution in [0.4, 0.5) is 0 Å². The van der Waals surface area contributed by atoms with Gasteiger partial charge in [0.25, 0.3) is 0 Å². The molecule has 2 aliphatic heterocycles. The maximum atomic E-state index is 11.3. The molecule has 120 valence electrons. The first kappa shape index (κ1) is 14.5. The standard InChI is InChI=1S/C19H21NO3/c21-19(22)16-12-14-8-9-17(16)20(14)10-11-23-18-7-3-5-13-4-1-2-6-15(13)18/h1-7,14,16-17H,8-12H2,(H,21,22). The maximum Gasteiger partial charge on any atom is 0.308 e. The molecule has 2 heterocycles. The van der Waals surface area contributed by atoms with Gasteiger partial charge in [-0.1, -0.05) is 36.4 Å². The highest BCUT2D eigenvalue weighted by atomic mass is 16.5. The van der Waals surface area contributed by atoms with Crippen molar-refractivity contribution in [3.8, 4) is 5.75 Å². The largest absolute Gasteiger partial charge is 0.492 e. The lowest BCUT2D eigenvalue weighted by molar-refractivity contribution is -0.142. The van der Waals surface area contributed by atoms with Crippen LogP contribution in [0.2, 0.25) is 0 Å². The van der Waals surface area contributed by atoms with Gasteiger partial charge in [0.1, 0.15) is 12.4 Å². The van der Waals surface area contributed by atoms with E-state index < -0.39 is 5.97 Å². The summed E-state index contributed by atoms with van der Waals surface area (Å²) in [5.41, 5.74) is 0. The Hall–Kier alpha value is -2.07. The molecule has 2 aromatic carbocycles. The highest BCUT2D eigenvalue weighted by Crippen LogP contribution is 2.41. The highest BCUT2D eigenvalue weighted by molar-refractivity contribution is 5.88. The summed E-state index contributed by atoms with van der Waals surface area (Å²) in [5, 5.41) is 11.6. The lowest BCUT2D eigenvalue weighted by Gasteiger charge is -2.22. The molecule has 0 aliphatic carbocycles. The summed E-state index contributed by atoms with van der Waals surface area (Å²) >= 11 is 0. The summed E-state index contributed by atoms with van der Waals surface area (Å²) in [6, 6.07) is 14.9. The molecule has 3 unspecified atom stereocenters.